The van der Waals surface area contributed by atoms with Gasteiger partial charge in [-0.3, -0.25) is 0 Å². The van der Waals surface area contributed by atoms with Crippen LogP contribution in [-0.2, 0) is 6.61 Å². The number of benzene rings is 2. The van der Waals surface area contributed by atoms with E-state index in [1.54, 1.807) is 36.4 Å². The van der Waals surface area contributed by atoms with Crippen LogP contribution < -0.4 is 9.47 Å². The van der Waals surface area contributed by atoms with Gasteiger partial charge in [-0.25, -0.2) is 4.39 Å². The van der Waals surface area contributed by atoms with E-state index in [0.29, 0.717) is 11.3 Å². The second kappa shape index (κ2) is 5.40. The number of halogens is 1. The Balaban J connectivity index is 2.14. The molecule has 0 radical (unpaired) electrons. The Morgan fingerprint density at radius 3 is 2.50 bits per heavy atom. The summed E-state index contributed by atoms with van der Waals surface area (Å²) >= 11 is 0. The summed E-state index contributed by atoms with van der Waals surface area (Å²) in [4.78, 5) is 0. The minimum Gasteiger partial charge on any atom is -0.504 e. The summed E-state index contributed by atoms with van der Waals surface area (Å²) in [6.45, 7) is 0.0284. The molecule has 0 amide bonds. The van der Waals surface area contributed by atoms with Gasteiger partial charge in [0.15, 0.2) is 23.1 Å². The van der Waals surface area contributed by atoms with Gasteiger partial charge in [0.2, 0.25) is 0 Å². The minimum absolute atomic E-state index is 0.0284. The van der Waals surface area contributed by atoms with Crippen molar-refractivity contribution in [1.82, 2.24) is 0 Å². The first-order chi connectivity index (χ1) is 8.72. The fourth-order valence-corrected chi connectivity index (χ4v) is 1.56. The molecule has 0 spiro atoms. The molecular weight excluding hydrogens is 235 g/mol. The lowest BCUT2D eigenvalue weighted by molar-refractivity contribution is 0.281. The van der Waals surface area contributed by atoms with Crippen molar-refractivity contribution in [3.63, 3.8) is 0 Å². The molecule has 2 aromatic carbocycles. The van der Waals surface area contributed by atoms with Crippen molar-refractivity contribution in [1.29, 1.82) is 0 Å². The van der Waals surface area contributed by atoms with Crippen LogP contribution in [0.15, 0.2) is 42.5 Å². The summed E-state index contributed by atoms with van der Waals surface area (Å²) in [6.07, 6.45) is 0. The Kier molecular flexibility index (Phi) is 3.67. The SMILES string of the molecule is COc1cccc(COc2ccccc2O)c1F. The number of hydrogen-bond acceptors (Lipinski definition) is 3. The molecule has 1 N–H and O–H groups in total. The summed E-state index contributed by atoms with van der Waals surface area (Å²) < 4.78 is 24.0. The maximum absolute atomic E-state index is 13.8. The summed E-state index contributed by atoms with van der Waals surface area (Å²) in [5, 5.41) is 9.52. The zero-order valence-electron chi connectivity index (χ0n) is 9.89. The van der Waals surface area contributed by atoms with E-state index < -0.39 is 5.82 Å². The molecule has 18 heavy (non-hydrogen) atoms. The average Bonchev–Trinajstić information content (AvgIpc) is 2.39. The van der Waals surface area contributed by atoms with Gasteiger partial charge in [-0.2, -0.15) is 0 Å². The van der Waals surface area contributed by atoms with Crippen LogP contribution in [0.5, 0.6) is 17.2 Å². The van der Waals surface area contributed by atoms with E-state index in [-0.39, 0.29) is 18.1 Å². The minimum atomic E-state index is -0.449. The highest BCUT2D eigenvalue weighted by atomic mass is 19.1. The van der Waals surface area contributed by atoms with E-state index >= 15 is 0 Å². The van der Waals surface area contributed by atoms with Crippen molar-refractivity contribution in [2.45, 2.75) is 6.61 Å². The largest absolute Gasteiger partial charge is 0.504 e. The second-order valence-electron chi connectivity index (χ2n) is 3.69. The Labute approximate surface area is 104 Å². The van der Waals surface area contributed by atoms with Gasteiger partial charge in [-0.1, -0.05) is 24.3 Å². The van der Waals surface area contributed by atoms with Crippen LogP contribution >= 0.6 is 0 Å². The van der Waals surface area contributed by atoms with Crippen LogP contribution in [0.3, 0.4) is 0 Å². The van der Waals surface area contributed by atoms with Crippen molar-refractivity contribution in [3.05, 3.63) is 53.8 Å². The monoisotopic (exact) mass is 248 g/mol. The van der Waals surface area contributed by atoms with Crippen molar-refractivity contribution < 1.29 is 19.0 Å². The van der Waals surface area contributed by atoms with Crippen LogP contribution in [-0.4, -0.2) is 12.2 Å². The molecule has 0 aliphatic rings. The van der Waals surface area contributed by atoms with E-state index in [9.17, 15) is 9.50 Å². The number of para-hydroxylation sites is 2. The Morgan fingerprint density at radius 1 is 1.06 bits per heavy atom. The molecule has 0 aliphatic heterocycles. The number of phenols is 1. The van der Waals surface area contributed by atoms with Gasteiger partial charge >= 0.3 is 0 Å². The predicted molar refractivity (Wildman–Crippen MR) is 65.4 cm³/mol. The summed E-state index contributed by atoms with van der Waals surface area (Å²) in [5.41, 5.74) is 0.373. The first-order valence-electron chi connectivity index (χ1n) is 5.44. The molecule has 0 saturated carbocycles. The lowest BCUT2D eigenvalue weighted by Gasteiger charge is -2.10. The van der Waals surface area contributed by atoms with Crippen molar-refractivity contribution in [2.24, 2.45) is 0 Å². The van der Waals surface area contributed by atoms with Crippen LogP contribution in [0.4, 0.5) is 4.39 Å². The maximum Gasteiger partial charge on any atom is 0.171 e. The molecule has 0 bridgehead atoms. The van der Waals surface area contributed by atoms with Gasteiger partial charge in [0.1, 0.15) is 6.61 Å². The smallest absolute Gasteiger partial charge is 0.171 e. The van der Waals surface area contributed by atoms with Gasteiger partial charge in [0.25, 0.3) is 0 Å². The number of ether oxygens (including phenoxy) is 2. The number of aromatic hydroxyl groups is 1. The van der Waals surface area contributed by atoms with Gasteiger partial charge in [0.05, 0.1) is 7.11 Å². The molecule has 0 heterocycles. The van der Waals surface area contributed by atoms with Gasteiger partial charge in [-0.15, -0.1) is 0 Å². The van der Waals surface area contributed by atoms with Gasteiger partial charge < -0.3 is 14.6 Å². The number of phenolic OH excluding ortho intramolecular Hbond substituents is 1. The topological polar surface area (TPSA) is 38.7 Å². The lowest BCUT2D eigenvalue weighted by Crippen LogP contribution is -2.00. The highest BCUT2D eigenvalue weighted by molar-refractivity contribution is 5.38. The van der Waals surface area contributed by atoms with E-state index in [0.717, 1.165) is 0 Å². The molecule has 4 heteroatoms. The molecule has 0 fully saturated rings. The van der Waals surface area contributed by atoms with Crippen molar-refractivity contribution in [2.75, 3.05) is 7.11 Å². The lowest BCUT2D eigenvalue weighted by atomic mass is 10.2. The third-order valence-corrected chi connectivity index (χ3v) is 2.51. The van der Waals surface area contributed by atoms with E-state index in [2.05, 4.69) is 0 Å². The molecule has 0 aliphatic carbocycles. The predicted octanol–water partition coefficient (Wildman–Crippen LogP) is 3.12. The molecule has 2 rings (SSSR count). The molecule has 3 nitrogen and oxygen atoms in total. The molecule has 94 valence electrons. The number of methoxy groups -OCH3 is 1. The third kappa shape index (κ3) is 2.53. The maximum atomic E-state index is 13.8. The first kappa shape index (κ1) is 12.2. The highest BCUT2D eigenvalue weighted by Crippen LogP contribution is 2.26. The Bertz CT molecular complexity index is 540. The molecule has 0 aromatic heterocycles. The van der Waals surface area contributed by atoms with Gasteiger partial charge in [-0.05, 0) is 18.2 Å². The average molecular weight is 248 g/mol. The number of rotatable bonds is 4. The molecule has 0 unspecified atom stereocenters. The summed E-state index contributed by atoms with van der Waals surface area (Å²) in [5.74, 6) is 0.0735. The fraction of sp³-hybridized carbons (Fsp3) is 0.143. The highest BCUT2D eigenvalue weighted by Gasteiger charge is 2.09. The zero-order valence-corrected chi connectivity index (χ0v) is 9.89. The molecule has 2 aromatic rings. The number of hydrogen-bond donors (Lipinski definition) is 1. The molecule has 0 saturated heterocycles. The summed E-state index contributed by atoms with van der Waals surface area (Å²) in [6, 6.07) is 11.4. The Morgan fingerprint density at radius 2 is 1.78 bits per heavy atom. The second-order valence-corrected chi connectivity index (χ2v) is 3.69. The van der Waals surface area contributed by atoms with Crippen LogP contribution in [0.2, 0.25) is 0 Å². The van der Waals surface area contributed by atoms with Crippen molar-refractivity contribution >= 4 is 0 Å². The third-order valence-electron chi connectivity index (χ3n) is 2.51. The first-order valence-corrected chi connectivity index (χ1v) is 5.44. The Hall–Kier alpha value is -2.23. The normalized spacial score (nSPS) is 10.1. The van der Waals surface area contributed by atoms with E-state index in [1.807, 2.05) is 0 Å². The standard InChI is InChI=1S/C14H13FO3/c1-17-13-8-4-5-10(14(13)15)9-18-12-7-3-2-6-11(12)16/h2-8,16H,9H2,1H3. The van der Waals surface area contributed by atoms with Crippen LogP contribution in [0.1, 0.15) is 5.56 Å². The van der Waals surface area contributed by atoms with E-state index in [1.165, 1.54) is 13.2 Å². The molecule has 0 atom stereocenters. The quantitative estimate of drug-likeness (QED) is 0.903. The van der Waals surface area contributed by atoms with Crippen molar-refractivity contribution in [3.8, 4) is 17.2 Å². The molecular formula is C14H13FO3. The van der Waals surface area contributed by atoms with Crippen LogP contribution in [0, 0.1) is 5.82 Å². The van der Waals surface area contributed by atoms with E-state index in [4.69, 9.17) is 9.47 Å². The van der Waals surface area contributed by atoms with Crippen LogP contribution in [0.25, 0.3) is 0 Å². The summed E-state index contributed by atoms with van der Waals surface area (Å²) in [7, 11) is 1.41. The van der Waals surface area contributed by atoms with Gasteiger partial charge in [0, 0.05) is 5.56 Å². The fourth-order valence-electron chi connectivity index (χ4n) is 1.56. The zero-order chi connectivity index (χ0) is 13.0.